The number of anilines is 1. The first-order chi connectivity index (χ1) is 8.89. The predicted molar refractivity (Wildman–Crippen MR) is 72.1 cm³/mol. The third kappa shape index (κ3) is 3.21. The molecule has 0 aromatic heterocycles. The van der Waals surface area contributed by atoms with Crippen molar-refractivity contribution >= 4 is 28.9 Å². The number of nitro groups is 1. The van der Waals surface area contributed by atoms with Crippen LogP contribution in [0.2, 0.25) is 5.02 Å². The van der Waals surface area contributed by atoms with Crippen LogP contribution < -0.4 is 11.1 Å². The van der Waals surface area contributed by atoms with Crippen molar-refractivity contribution in [3.05, 3.63) is 33.3 Å². The Labute approximate surface area is 115 Å². The molecule has 1 amide bonds. The third-order valence-corrected chi connectivity index (χ3v) is 3.61. The Morgan fingerprint density at radius 1 is 1.53 bits per heavy atom. The number of rotatable bonds is 4. The Kier molecular flexibility index (Phi) is 3.73. The minimum atomic E-state index is -0.589. The normalized spacial score (nSPS) is 16.5. The molecular formula is C12H14ClN3O3. The van der Waals surface area contributed by atoms with E-state index in [0.717, 1.165) is 19.3 Å². The van der Waals surface area contributed by atoms with Crippen LogP contribution in [-0.2, 0) is 4.79 Å². The highest BCUT2D eigenvalue weighted by Gasteiger charge is 2.34. The standard InChI is InChI=1S/C12H14ClN3O3/c13-9-3-2-8(6-10(9)16(18)19)15-11(17)7-12(14)4-1-5-12/h2-3,6H,1,4-5,7,14H2,(H,15,17). The highest BCUT2D eigenvalue weighted by Crippen LogP contribution is 2.33. The van der Waals surface area contributed by atoms with Gasteiger partial charge in [-0.3, -0.25) is 14.9 Å². The van der Waals surface area contributed by atoms with E-state index in [0.29, 0.717) is 5.69 Å². The zero-order valence-electron chi connectivity index (χ0n) is 10.2. The average molecular weight is 284 g/mol. The van der Waals surface area contributed by atoms with E-state index in [4.69, 9.17) is 17.3 Å². The molecule has 0 aliphatic heterocycles. The number of nitro benzene ring substituents is 1. The van der Waals surface area contributed by atoms with E-state index in [2.05, 4.69) is 5.32 Å². The number of hydrogen-bond acceptors (Lipinski definition) is 4. The summed E-state index contributed by atoms with van der Waals surface area (Å²) in [7, 11) is 0. The van der Waals surface area contributed by atoms with Crippen molar-refractivity contribution in [2.75, 3.05) is 5.32 Å². The summed E-state index contributed by atoms with van der Waals surface area (Å²) in [6, 6.07) is 4.15. The first kappa shape index (κ1) is 13.8. The number of hydrogen-bond donors (Lipinski definition) is 2. The summed E-state index contributed by atoms with van der Waals surface area (Å²) in [5.41, 5.74) is 5.68. The molecule has 0 radical (unpaired) electrons. The maximum Gasteiger partial charge on any atom is 0.289 e. The number of nitrogens with two attached hydrogens (primary N) is 1. The van der Waals surface area contributed by atoms with E-state index < -0.39 is 10.5 Å². The van der Waals surface area contributed by atoms with Gasteiger partial charge in [-0.25, -0.2) is 0 Å². The van der Waals surface area contributed by atoms with E-state index in [1.165, 1.54) is 18.2 Å². The molecule has 1 aromatic carbocycles. The van der Waals surface area contributed by atoms with Crippen molar-refractivity contribution in [2.45, 2.75) is 31.2 Å². The molecule has 1 aliphatic carbocycles. The predicted octanol–water partition coefficient (Wildman–Crippen LogP) is 2.46. The minimum absolute atomic E-state index is 0.0392. The molecule has 7 heteroatoms. The van der Waals surface area contributed by atoms with Crippen molar-refractivity contribution in [1.82, 2.24) is 0 Å². The lowest BCUT2D eigenvalue weighted by Gasteiger charge is -2.37. The molecule has 0 heterocycles. The number of amides is 1. The SMILES string of the molecule is NC1(CC(=O)Nc2ccc(Cl)c([N+](=O)[O-])c2)CCC1. The maximum atomic E-state index is 11.8. The van der Waals surface area contributed by atoms with Gasteiger partial charge < -0.3 is 11.1 Å². The lowest BCUT2D eigenvalue weighted by Crippen LogP contribution is -2.48. The molecule has 19 heavy (non-hydrogen) atoms. The smallest absolute Gasteiger partial charge is 0.289 e. The van der Waals surface area contributed by atoms with Gasteiger partial charge >= 0.3 is 0 Å². The largest absolute Gasteiger partial charge is 0.326 e. The van der Waals surface area contributed by atoms with Crippen LogP contribution in [0.25, 0.3) is 0 Å². The highest BCUT2D eigenvalue weighted by molar-refractivity contribution is 6.32. The Morgan fingerprint density at radius 3 is 2.74 bits per heavy atom. The van der Waals surface area contributed by atoms with Gasteiger partial charge in [0.25, 0.3) is 5.69 Å². The lowest BCUT2D eigenvalue weighted by atomic mass is 9.75. The average Bonchev–Trinajstić information content (AvgIpc) is 2.29. The molecule has 1 fully saturated rings. The topological polar surface area (TPSA) is 98.3 Å². The molecule has 0 saturated heterocycles. The van der Waals surface area contributed by atoms with Crippen molar-refractivity contribution in [3.8, 4) is 0 Å². The second-order valence-corrected chi connectivity index (χ2v) is 5.27. The van der Waals surface area contributed by atoms with Gasteiger partial charge in [0, 0.05) is 23.7 Å². The number of nitrogens with zero attached hydrogens (tertiary/aromatic N) is 1. The summed E-state index contributed by atoms with van der Waals surface area (Å²) < 4.78 is 0. The third-order valence-electron chi connectivity index (χ3n) is 3.29. The summed E-state index contributed by atoms with van der Waals surface area (Å²) >= 11 is 5.69. The van der Waals surface area contributed by atoms with Crippen LogP contribution in [0, 0.1) is 10.1 Å². The van der Waals surface area contributed by atoms with Crippen molar-refractivity contribution < 1.29 is 9.72 Å². The molecule has 1 aromatic rings. The number of carbonyl (C=O) groups excluding carboxylic acids is 1. The Hall–Kier alpha value is -1.66. The van der Waals surface area contributed by atoms with Crippen LogP contribution in [0.1, 0.15) is 25.7 Å². The highest BCUT2D eigenvalue weighted by atomic mass is 35.5. The Balaban J connectivity index is 2.04. The van der Waals surface area contributed by atoms with Crippen LogP contribution in [0.4, 0.5) is 11.4 Å². The fourth-order valence-corrected chi connectivity index (χ4v) is 2.25. The van der Waals surface area contributed by atoms with Crippen LogP contribution in [-0.4, -0.2) is 16.4 Å². The first-order valence-corrected chi connectivity index (χ1v) is 6.30. The molecule has 102 valence electrons. The molecule has 6 nitrogen and oxygen atoms in total. The van der Waals surface area contributed by atoms with E-state index in [-0.39, 0.29) is 23.0 Å². The summed E-state index contributed by atoms with van der Waals surface area (Å²) in [5, 5.41) is 13.4. The molecule has 0 spiro atoms. The number of halogens is 1. The van der Waals surface area contributed by atoms with Crippen molar-refractivity contribution in [2.24, 2.45) is 5.73 Å². The summed E-state index contributed by atoms with van der Waals surface area (Å²) in [4.78, 5) is 21.9. The van der Waals surface area contributed by atoms with Gasteiger partial charge in [-0.2, -0.15) is 0 Å². The fraction of sp³-hybridized carbons (Fsp3) is 0.417. The van der Waals surface area contributed by atoms with Gasteiger partial charge in [-0.05, 0) is 31.4 Å². The number of nitrogens with one attached hydrogen (secondary N) is 1. The second-order valence-electron chi connectivity index (χ2n) is 4.86. The summed E-state index contributed by atoms with van der Waals surface area (Å²) in [6.07, 6.45) is 2.93. The molecule has 1 saturated carbocycles. The van der Waals surface area contributed by atoms with Gasteiger partial charge in [0.1, 0.15) is 5.02 Å². The molecule has 2 rings (SSSR count). The van der Waals surface area contributed by atoms with Crippen LogP contribution in [0.5, 0.6) is 0 Å². The quantitative estimate of drug-likeness (QED) is 0.655. The monoisotopic (exact) mass is 283 g/mol. The van der Waals surface area contributed by atoms with Gasteiger partial charge in [0.15, 0.2) is 0 Å². The fourth-order valence-electron chi connectivity index (χ4n) is 2.06. The zero-order chi connectivity index (χ0) is 14.0. The van der Waals surface area contributed by atoms with Crippen LogP contribution in [0.3, 0.4) is 0 Å². The van der Waals surface area contributed by atoms with Gasteiger partial charge in [0.05, 0.1) is 4.92 Å². The number of carbonyl (C=O) groups is 1. The molecule has 0 atom stereocenters. The minimum Gasteiger partial charge on any atom is -0.326 e. The molecule has 0 bridgehead atoms. The van der Waals surface area contributed by atoms with E-state index >= 15 is 0 Å². The zero-order valence-corrected chi connectivity index (χ0v) is 10.9. The van der Waals surface area contributed by atoms with Crippen molar-refractivity contribution in [1.29, 1.82) is 0 Å². The van der Waals surface area contributed by atoms with Gasteiger partial charge in [-0.15, -0.1) is 0 Å². The van der Waals surface area contributed by atoms with E-state index in [9.17, 15) is 14.9 Å². The Bertz CT molecular complexity index is 529. The molecule has 0 unspecified atom stereocenters. The maximum absolute atomic E-state index is 11.8. The molecular weight excluding hydrogens is 270 g/mol. The van der Waals surface area contributed by atoms with E-state index in [1.807, 2.05) is 0 Å². The molecule has 3 N–H and O–H groups in total. The van der Waals surface area contributed by atoms with Crippen molar-refractivity contribution in [3.63, 3.8) is 0 Å². The first-order valence-electron chi connectivity index (χ1n) is 5.92. The summed E-state index contributed by atoms with van der Waals surface area (Å²) in [5.74, 6) is -0.237. The molecule has 1 aliphatic rings. The van der Waals surface area contributed by atoms with Gasteiger partial charge in [-0.1, -0.05) is 11.6 Å². The van der Waals surface area contributed by atoms with Gasteiger partial charge in [0.2, 0.25) is 5.91 Å². The van der Waals surface area contributed by atoms with E-state index in [1.54, 1.807) is 0 Å². The lowest BCUT2D eigenvalue weighted by molar-refractivity contribution is -0.384. The number of benzene rings is 1. The second kappa shape index (κ2) is 5.14. The Morgan fingerprint density at radius 2 is 2.21 bits per heavy atom. The van der Waals surface area contributed by atoms with Crippen LogP contribution in [0.15, 0.2) is 18.2 Å². The summed E-state index contributed by atoms with van der Waals surface area (Å²) in [6.45, 7) is 0. The van der Waals surface area contributed by atoms with Crippen LogP contribution >= 0.6 is 11.6 Å².